The van der Waals surface area contributed by atoms with E-state index in [1.165, 1.54) is 9.98 Å². The fourth-order valence-corrected chi connectivity index (χ4v) is 2.66. The largest absolute Gasteiger partial charge is 0.497 e. The molecule has 0 heterocycles. The topological polar surface area (TPSA) is 41.6 Å². The van der Waals surface area contributed by atoms with Crippen LogP contribution in [-0.4, -0.2) is 24.6 Å². The summed E-state index contributed by atoms with van der Waals surface area (Å²) in [6.45, 7) is 0. The van der Waals surface area contributed by atoms with Crippen molar-refractivity contribution in [2.75, 3.05) is 14.2 Å². The highest BCUT2D eigenvalue weighted by Gasteiger charge is 2.22. The molecule has 0 radical (unpaired) electrons. The molecule has 1 N–H and O–H groups in total. The smallest absolute Gasteiger partial charge is 0.336 e. The first-order valence-electron chi connectivity index (χ1n) is 6.66. The van der Waals surface area contributed by atoms with Gasteiger partial charge in [-0.1, -0.05) is 18.2 Å². The van der Waals surface area contributed by atoms with E-state index in [1.54, 1.807) is 14.2 Å². The second-order valence-electron chi connectivity index (χ2n) is 4.78. The summed E-state index contributed by atoms with van der Waals surface area (Å²) >= 11 is 5.98. The van der Waals surface area contributed by atoms with Crippen LogP contribution in [0.3, 0.4) is 0 Å². The minimum atomic E-state index is -0.294. The van der Waals surface area contributed by atoms with Gasteiger partial charge in [0.25, 0.3) is 0 Å². The summed E-state index contributed by atoms with van der Waals surface area (Å²) in [4.78, 5) is 11.5. The molecule has 0 saturated heterocycles. The Morgan fingerprint density at radius 3 is 2.90 bits per heavy atom. The highest BCUT2D eigenvalue weighted by atomic mass is 35.5. The summed E-state index contributed by atoms with van der Waals surface area (Å²) in [7, 11) is 3.24. The molecule has 2 amide bonds. The number of halogens is 1. The van der Waals surface area contributed by atoms with E-state index in [-0.39, 0.29) is 6.03 Å². The Bertz CT molecular complexity index is 516. The van der Waals surface area contributed by atoms with Crippen LogP contribution in [0.5, 0.6) is 5.75 Å². The number of allylic oxidation sites excluding steroid dienone is 2. The number of ether oxygens (including phenoxy) is 1. The Balaban J connectivity index is 2.06. The van der Waals surface area contributed by atoms with Gasteiger partial charge < -0.3 is 10.1 Å². The van der Waals surface area contributed by atoms with E-state index in [2.05, 4.69) is 17.4 Å². The number of carbonyl (C=O) groups excluding carboxylic acids is 1. The van der Waals surface area contributed by atoms with E-state index in [4.69, 9.17) is 16.5 Å². The summed E-state index contributed by atoms with van der Waals surface area (Å²) in [6, 6.07) is 7.84. The van der Waals surface area contributed by atoms with Gasteiger partial charge in [0.15, 0.2) is 0 Å². The van der Waals surface area contributed by atoms with Gasteiger partial charge in [0.05, 0.1) is 7.11 Å². The van der Waals surface area contributed by atoms with Crippen LogP contribution in [0.15, 0.2) is 36.0 Å². The maximum atomic E-state index is 11.5. The molecule has 20 heavy (non-hydrogen) atoms. The van der Waals surface area contributed by atoms with Crippen molar-refractivity contribution in [2.24, 2.45) is 0 Å². The summed E-state index contributed by atoms with van der Waals surface area (Å²) in [5.41, 5.74) is 2.13. The molecule has 1 atom stereocenters. The number of carbonyl (C=O) groups is 1. The van der Waals surface area contributed by atoms with E-state index in [0.717, 1.165) is 30.7 Å². The number of amides is 2. The fraction of sp³-hybridized carbons (Fsp3) is 0.400. The van der Waals surface area contributed by atoms with Crippen molar-refractivity contribution in [2.45, 2.75) is 25.2 Å². The lowest BCUT2D eigenvalue weighted by molar-refractivity contribution is 0.231. The molecule has 1 aromatic carbocycles. The van der Waals surface area contributed by atoms with Gasteiger partial charge in [-0.05, 0) is 42.9 Å². The zero-order valence-corrected chi connectivity index (χ0v) is 12.5. The van der Waals surface area contributed by atoms with Crippen molar-refractivity contribution >= 4 is 17.8 Å². The first kappa shape index (κ1) is 14.7. The van der Waals surface area contributed by atoms with Gasteiger partial charge in [-0.25, -0.2) is 9.21 Å². The molecule has 0 spiro atoms. The van der Waals surface area contributed by atoms with Crippen molar-refractivity contribution in [1.29, 1.82) is 0 Å². The number of nitrogens with zero attached hydrogens (tertiary/aromatic N) is 1. The second-order valence-corrected chi connectivity index (χ2v) is 5.12. The normalized spacial score (nSPS) is 18.1. The van der Waals surface area contributed by atoms with Crippen molar-refractivity contribution in [3.63, 3.8) is 0 Å². The molecule has 0 bridgehead atoms. The molecule has 0 aromatic heterocycles. The first-order chi connectivity index (χ1) is 9.65. The van der Waals surface area contributed by atoms with E-state index in [0.29, 0.717) is 5.92 Å². The summed E-state index contributed by atoms with van der Waals surface area (Å²) < 4.78 is 6.42. The van der Waals surface area contributed by atoms with Gasteiger partial charge >= 0.3 is 6.03 Å². The molecule has 108 valence electrons. The molecule has 1 aromatic rings. The monoisotopic (exact) mass is 294 g/mol. The number of nitrogens with one attached hydrogen (secondary N) is 1. The maximum absolute atomic E-state index is 11.5. The van der Waals surface area contributed by atoms with Crippen LogP contribution >= 0.6 is 11.8 Å². The number of benzene rings is 1. The average molecular weight is 295 g/mol. The zero-order valence-electron chi connectivity index (χ0n) is 11.7. The number of urea groups is 1. The van der Waals surface area contributed by atoms with Crippen molar-refractivity contribution in [3.05, 3.63) is 41.6 Å². The highest BCUT2D eigenvalue weighted by Crippen LogP contribution is 2.34. The van der Waals surface area contributed by atoms with Gasteiger partial charge in [0.1, 0.15) is 5.75 Å². The summed E-state index contributed by atoms with van der Waals surface area (Å²) in [6.07, 6.45) is 4.68. The molecule has 1 aliphatic rings. The molecule has 5 heteroatoms. The lowest BCUT2D eigenvalue weighted by Crippen LogP contribution is -2.31. The van der Waals surface area contributed by atoms with Crippen molar-refractivity contribution in [3.8, 4) is 5.75 Å². The second kappa shape index (κ2) is 6.66. The van der Waals surface area contributed by atoms with Crippen LogP contribution in [-0.2, 0) is 0 Å². The van der Waals surface area contributed by atoms with E-state index >= 15 is 0 Å². The molecule has 0 saturated carbocycles. The molecule has 1 aliphatic carbocycles. The predicted molar refractivity (Wildman–Crippen MR) is 79.8 cm³/mol. The minimum absolute atomic E-state index is 0.294. The molecule has 0 aliphatic heterocycles. The molecule has 4 nitrogen and oxygen atoms in total. The Morgan fingerprint density at radius 2 is 2.30 bits per heavy atom. The van der Waals surface area contributed by atoms with E-state index in [9.17, 15) is 4.79 Å². The van der Waals surface area contributed by atoms with Crippen molar-refractivity contribution in [1.82, 2.24) is 9.74 Å². The van der Waals surface area contributed by atoms with Gasteiger partial charge in [-0.2, -0.15) is 0 Å². The van der Waals surface area contributed by atoms with Gasteiger partial charge in [0, 0.05) is 24.5 Å². The third-order valence-electron chi connectivity index (χ3n) is 3.60. The summed E-state index contributed by atoms with van der Waals surface area (Å²) in [5.74, 6) is 1.32. The molecular weight excluding hydrogens is 276 g/mol. The number of hydrogen-bond acceptors (Lipinski definition) is 2. The average Bonchev–Trinajstić information content (AvgIpc) is 2.53. The Hall–Kier alpha value is -1.68. The quantitative estimate of drug-likeness (QED) is 0.865. The van der Waals surface area contributed by atoms with Crippen LogP contribution in [0.2, 0.25) is 0 Å². The Morgan fingerprint density at radius 1 is 1.50 bits per heavy atom. The van der Waals surface area contributed by atoms with Crippen LogP contribution in [0, 0.1) is 0 Å². The molecule has 0 fully saturated rings. The number of methoxy groups -OCH3 is 1. The summed E-state index contributed by atoms with van der Waals surface area (Å²) in [5, 5.41) is 2.52. The van der Waals surface area contributed by atoms with Crippen LogP contribution < -0.4 is 10.1 Å². The lowest BCUT2D eigenvalue weighted by atomic mass is 9.86. The van der Waals surface area contributed by atoms with Crippen LogP contribution in [0.4, 0.5) is 4.79 Å². The SMILES string of the molecule is CNC(=O)N(Cl)C1=CCC(c2cccc(OC)c2)CC1. The molecule has 1 unspecified atom stereocenters. The zero-order chi connectivity index (χ0) is 14.5. The fourth-order valence-electron chi connectivity index (χ4n) is 2.43. The van der Waals surface area contributed by atoms with Crippen LogP contribution in [0.1, 0.15) is 30.7 Å². The van der Waals surface area contributed by atoms with Gasteiger partial charge in [0.2, 0.25) is 0 Å². The van der Waals surface area contributed by atoms with Gasteiger partial charge in [-0.15, -0.1) is 0 Å². The van der Waals surface area contributed by atoms with Crippen molar-refractivity contribution < 1.29 is 9.53 Å². The maximum Gasteiger partial charge on any atom is 0.336 e. The Labute approximate surface area is 124 Å². The molecule has 2 rings (SSSR count). The predicted octanol–water partition coefficient (Wildman–Crippen LogP) is 3.64. The highest BCUT2D eigenvalue weighted by molar-refractivity contribution is 6.22. The molecular formula is C15H19ClN2O2. The van der Waals surface area contributed by atoms with Crippen LogP contribution in [0.25, 0.3) is 0 Å². The van der Waals surface area contributed by atoms with E-state index in [1.807, 2.05) is 18.2 Å². The minimum Gasteiger partial charge on any atom is -0.497 e. The number of rotatable bonds is 3. The third kappa shape index (κ3) is 3.25. The lowest BCUT2D eigenvalue weighted by Gasteiger charge is -2.25. The Kier molecular flexibility index (Phi) is 4.90. The third-order valence-corrected chi connectivity index (χ3v) is 3.97. The first-order valence-corrected chi connectivity index (χ1v) is 7.00. The van der Waals surface area contributed by atoms with E-state index < -0.39 is 0 Å². The number of hydrogen-bond donors (Lipinski definition) is 1. The van der Waals surface area contributed by atoms with Gasteiger partial charge in [-0.3, -0.25) is 0 Å². The standard InChI is InChI=1S/C15H19ClN2O2/c1-17-15(19)18(16)13-8-6-11(7-9-13)12-4-3-5-14(10-12)20-2/h3-5,8,10-11H,6-7,9H2,1-2H3,(H,17,19).